The number of primary amides is 1. The van der Waals surface area contributed by atoms with Gasteiger partial charge in [-0.25, -0.2) is 0 Å². The highest BCUT2D eigenvalue weighted by atomic mass is 35.5. The number of halogens is 1. The highest BCUT2D eigenvalue weighted by Gasteiger charge is 2.05. The lowest BCUT2D eigenvalue weighted by atomic mass is 10.1. The molecule has 0 atom stereocenters. The van der Waals surface area contributed by atoms with E-state index in [0.717, 1.165) is 5.56 Å². The maximum absolute atomic E-state index is 10.8. The van der Waals surface area contributed by atoms with Crippen molar-refractivity contribution in [3.8, 4) is 0 Å². The van der Waals surface area contributed by atoms with Crippen molar-refractivity contribution in [2.24, 2.45) is 5.73 Å². The Kier molecular flexibility index (Phi) is 2.88. The van der Waals surface area contributed by atoms with Crippen LogP contribution in [-0.2, 0) is 4.79 Å². The fourth-order valence-corrected chi connectivity index (χ4v) is 1.11. The maximum Gasteiger partial charge on any atom is 0.250 e. The molecule has 1 aromatic rings. The van der Waals surface area contributed by atoms with Crippen molar-refractivity contribution in [1.82, 2.24) is 0 Å². The van der Waals surface area contributed by atoms with Gasteiger partial charge in [0, 0.05) is 5.54 Å². The van der Waals surface area contributed by atoms with Gasteiger partial charge in [-0.15, -0.1) is 0 Å². The van der Waals surface area contributed by atoms with Crippen LogP contribution in [0.1, 0.15) is 5.56 Å². The molecule has 0 heterocycles. The van der Waals surface area contributed by atoms with Gasteiger partial charge in [-0.2, -0.15) is 0 Å². The SMILES string of the molecule is NC(=O)C(=CCl)c1ccccc1. The van der Waals surface area contributed by atoms with E-state index in [1.807, 2.05) is 18.2 Å². The summed E-state index contributed by atoms with van der Waals surface area (Å²) in [7, 11) is 0. The van der Waals surface area contributed by atoms with Gasteiger partial charge >= 0.3 is 0 Å². The Morgan fingerprint density at radius 1 is 1.33 bits per heavy atom. The Bertz CT molecular complexity index is 306. The van der Waals surface area contributed by atoms with Gasteiger partial charge in [0.15, 0.2) is 0 Å². The second-order valence-electron chi connectivity index (χ2n) is 2.25. The summed E-state index contributed by atoms with van der Waals surface area (Å²) in [5.74, 6) is -0.517. The molecule has 0 aliphatic heterocycles. The summed E-state index contributed by atoms with van der Waals surface area (Å²) in [5.41, 5.74) is 7.35. The van der Waals surface area contributed by atoms with Crippen LogP contribution in [0.4, 0.5) is 0 Å². The van der Waals surface area contributed by atoms with Crippen LogP contribution in [0.5, 0.6) is 0 Å². The third kappa shape index (κ3) is 1.86. The lowest BCUT2D eigenvalue weighted by Crippen LogP contribution is -2.12. The number of carbonyl (C=O) groups excluding carboxylic acids is 1. The molecular formula is C9H8ClNO. The van der Waals surface area contributed by atoms with Crippen LogP contribution < -0.4 is 5.73 Å². The minimum absolute atomic E-state index is 0.331. The van der Waals surface area contributed by atoms with E-state index in [9.17, 15) is 4.79 Å². The standard InChI is InChI=1S/C9H8ClNO/c10-6-8(9(11)12)7-4-2-1-3-5-7/h1-6H,(H2,11,12). The van der Waals surface area contributed by atoms with Crippen molar-refractivity contribution in [2.45, 2.75) is 0 Å². The summed E-state index contributed by atoms with van der Waals surface area (Å²) in [6.07, 6.45) is 0. The number of hydrogen-bond acceptors (Lipinski definition) is 1. The molecule has 1 amide bonds. The number of nitrogens with two attached hydrogens (primary N) is 1. The van der Waals surface area contributed by atoms with Gasteiger partial charge in [-0.3, -0.25) is 4.79 Å². The largest absolute Gasteiger partial charge is 0.366 e. The van der Waals surface area contributed by atoms with E-state index < -0.39 is 5.91 Å². The van der Waals surface area contributed by atoms with E-state index in [2.05, 4.69) is 0 Å². The molecule has 2 nitrogen and oxygen atoms in total. The number of hydrogen-bond donors (Lipinski definition) is 1. The molecule has 62 valence electrons. The van der Waals surface area contributed by atoms with Gasteiger partial charge in [-0.05, 0) is 5.56 Å². The predicted molar refractivity (Wildman–Crippen MR) is 49.5 cm³/mol. The first kappa shape index (κ1) is 8.81. The zero-order chi connectivity index (χ0) is 8.97. The van der Waals surface area contributed by atoms with E-state index in [-0.39, 0.29) is 0 Å². The highest BCUT2D eigenvalue weighted by molar-refractivity contribution is 6.35. The topological polar surface area (TPSA) is 43.1 Å². The van der Waals surface area contributed by atoms with Gasteiger partial charge < -0.3 is 5.73 Å². The van der Waals surface area contributed by atoms with Crippen LogP contribution in [-0.4, -0.2) is 5.91 Å². The molecule has 0 bridgehead atoms. The van der Waals surface area contributed by atoms with Crippen LogP contribution in [0.25, 0.3) is 5.57 Å². The molecule has 0 aliphatic rings. The summed E-state index contributed by atoms with van der Waals surface area (Å²) >= 11 is 5.43. The molecule has 1 aromatic carbocycles. The zero-order valence-corrected chi connectivity index (χ0v) is 7.08. The maximum atomic E-state index is 10.8. The normalized spacial score (nSPS) is 11.2. The second kappa shape index (κ2) is 3.93. The van der Waals surface area contributed by atoms with E-state index >= 15 is 0 Å². The average Bonchev–Trinajstić information content (AvgIpc) is 2.07. The lowest BCUT2D eigenvalue weighted by Gasteiger charge is -1.99. The summed E-state index contributed by atoms with van der Waals surface area (Å²) in [4.78, 5) is 10.8. The van der Waals surface area contributed by atoms with Gasteiger partial charge in [0.1, 0.15) is 0 Å². The van der Waals surface area contributed by atoms with Crippen LogP contribution in [0.15, 0.2) is 35.9 Å². The first-order chi connectivity index (χ1) is 5.75. The molecule has 1 rings (SSSR count). The molecule has 0 fully saturated rings. The van der Waals surface area contributed by atoms with Gasteiger partial charge in [-0.1, -0.05) is 41.9 Å². The van der Waals surface area contributed by atoms with Gasteiger partial charge in [0.25, 0.3) is 0 Å². The minimum Gasteiger partial charge on any atom is -0.366 e. The predicted octanol–water partition coefficient (Wildman–Crippen LogP) is 1.75. The second-order valence-corrected chi connectivity index (χ2v) is 2.47. The molecule has 12 heavy (non-hydrogen) atoms. The van der Waals surface area contributed by atoms with E-state index in [0.29, 0.717) is 5.57 Å². The molecule has 0 unspecified atom stereocenters. The molecule has 0 aliphatic carbocycles. The van der Waals surface area contributed by atoms with Crippen molar-refractivity contribution >= 4 is 23.1 Å². The van der Waals surface area contributed by atoms with Crippen LogP contribution in [0, 0.1) is 0 Å². The average molecular weight is 182 g/mol. The summed E-state index contributed by atoms with van der Waals surface area (Å²) < 4.78 is 0. The minimum atomic E-state index is -0.517. The van der Waals surface area contributed by atoms with Crippen molar-refractivity contribution in [1.29, 1.82) is 0 Å². The molecule has 0 saturated heterocycles. The Hall–Kier alpha value is -1.28. The third-order valence-corrected chi connectivity index (χ3v) is 1.68. The summed E-state index contributed by atoms with van der Waals surface area (Å²) in [6, 6.07) is 9.05. The number of amides is 1. The third-order valence-electron chi connectivity index (χ3n) is 1.46. The Morgan fingerprint density at radius 2 is 1.92 bits per heavy atom. The Labute approximate surface area is 75.6 Å². The molecule has 2 N–H and O–H groups in total. The van der Waals surface area contributed by atoms with E-state index in [1.54, 1.807) is 12.1 Å². The summed E-state index contributed by atoms with van der Waals surface area (Å²) in [5, 5.41) is 0. The van der Waals surface area contributed by atoms with Crippen molar-refractivity contribution in [3.63, 3.8) is 0 Å². The number of benzene rings is 1. The van der Waals surface area contributed by atoms with Crippen LogP contribution in [0.3, 0.4) is 0 Å². The smallest absolute Gasteiger partial charge is 0.250 e. The van der Waals surface area contributed by atoms with Crippen LogP contribution in [0.2, 0.25) is 0 Å². The van der Waals surface area contributed by atoms with Gasteiger partial charge in [0.2, 0.25) is 5.91 Å². The Balaban J connectivity index is 3.05. The first-order valence-electron chi connectivity index (χ1n) is 3.41. The molecule has 0 radical (unpaired) electrons. The fraction of sp³-hybridized carbons (Fsp3) is 0. The first-order valence-corrected chi connectivity index (χ1v) is 3.85. The highest BCUT2D eigenvalue weighted by Crippen LogP contribution is 2.13. The molecule has 0 aromatic heterocycles. The molecule has 3 heteroatoms. The molecule has 0 saturated carbocycles. The summed E-state index contributed by atoms with van der Waals surface area (Å²) in [6.45, 7) is 0. The zero-order valence-electron chi connectivity index (χ0n) is 6.33. The monoisotopic (exact) mass is 181 g/mol. The van der Waals surface area contributed by atoms with E-state index in [1.165, 1.54) is 5.54 Å². The van der Waals surface area contributed by atoms with Crippen molar-refractivity contribution in [2.75, 3.05) is 0 Å². The van der Waals surface area contributed by atoms with E-state index in [4.69, 9.17) is 17.3 Å². The van der Waals surface area contributed by atoms with Gasteiger partial charge in [0.05, 0.1) is 5.57 Å². The lowest BCUT2D eigenvalue weighted by molar-refractivity contribution is -0.112. The molecular weight excluding hydrogens is 174 g/mol. The van der Waals surface area contributed by atoms with Crippen molar-refractivity contribution < 1.29 is 4.79 Å². The Morgan fingerprint density at radius 3 is 2.33 bits per heavy atom. The quantitative estimate of drug-likeness (QED) is 0.695. The number of rotatable bonds is 2. The molecule has 0 spiro atoms. The van der Waals surface area contributed by atoms with Crippen LogP contribution >= 0.6 is 11.6 Å². The number of carbonyl (C=O) groups is 1. The fourth-order valence-electron chi connectivity index (χ4n) is 0.877. The van der Waals surface area contributed by atoms with Crippen molar-refractivity contribution in [3.05, 3.63) is 41.4 Å².